The molecular weight excluding hydrogens is 365 g/mol. The van der Waals surface area contributed by atoms with E-state index in [1.54, 1.807) is 17.0 Å². The average Bonchev–Trinajstić information content (AvgIpc) is 2.66. The van der Waals surface area contributed by atoms with Gasteiger partial charge in [-0.3, -0.25) is 9.69 Å². The van der Waals surface area contributed by atoms with Gasteiger partial charge in [0.2, 0.25) is 5.91 Å². The molecule has 0 bridgehead atoms. The first-order valence-electron chi connectivity index (χ1n) is 9.07. The van der Waals surface area contributed by atoms with Gasteiger partial charge in [0.1, 0.15) is 5.82 Å². The highest BCUT2D eigenvalue weighted by molar-refractivity contribution is 5.85. The van der Waals surface area contributed by atoms with E-state index < -0.39 is 0 Å². The fourth-order valence-electron chi connectivity index (χ4n) is 3.47. The standard InChI is InChI=1S/C21H26FN3O.ClH/c1-16-14-23-12-13-25(16)15-20(26)24(2)21(17-6-4-3-5-7-17)18-8-10-19(22)11-9-18;/h3-11,16,21,23H,12-15H2,1-2H3;1H/t16-,21?;/m1./s1. The molecule has 3 rings (SSSR count). The van der Waals surface area contributed by atoms with Crippen molar-refractivity contribution in [1.29, 1.82) is 0 Å². The van der Waals surface area contributed by atoms with Gasteiger partial charge in [-0.15, -0.1) is 12.4 Å². The third-order valence-corrected chi connectivity index (χ3v) is 5.06. The van der Waals surface area contributed by atoms with Crippen molar-refractivity contribution in [1.82, 2.24) is 15.1 Å². The van der Waals surface area contributed by atoms with Crippen LogP contribution in [0.25, 0.3) is 0 Å². The van der Waals surface area contributed by atoms with Crippen LogP contribution >= 0.6 is 12.4 Å². The maximum atomic E-state index is 13.4. The number of nitrogens with zero attached hydrogens (tertiary/aromatic N) is 2. The largest absolute Gasteiger partial charge is 0.334 e. The smallest absolute Gasteiger partial charge is 0.237 e. The molecule has 0 aromatic heterocycles. The number of hydrogen-bond donors (Lipinski definition) is 1. The zero-order valence-corrected chi connectivity index (χ0v) is 16.6. The van der Waals surface area contributed by atoms with E-state index in [-0.39, 0.29) is 30.2 Å². The molecule has 1 aliphatic heterocycles. The topological polar surface area (TPSA) is 35.6 Å². The molecule has 27 heavy (non-hydrogen) atoms. The molecule has 1 saturated heterocycles. The highest BCUT2D eigenvalue weighted by Crippen LogP contribution is 2.28. The van der Waals surface area contributed by atoms with Gasteiger partial charge in [0.05, 0.1) is 12.6 Å². The summed E-state index contributed by atoms with van der Waals surface area (Å²) in [5.41, 5.74) is 1.92. The normalized spacial score (nSPS) is 18.4. The Hall–Kier alpha value is -1.95. The average molecular weight is 392 g/mol. The zero-order chi connectivity index (χ0) is 18.5. The number of carbonyl (C=O) groups is 1. The SMILES string of the molecule is C[C@@H]1CNCCN1CC(=O)N(C)C(c1ccccc1)c1ccc(F)cc1.Cl. The summed E-state index contributed by atoms with van der Waals surface area (Å²) in [5, 5.41) is 3.34. The molecular formula is C21H27ClFN3O. The maximum Gasteiger partial charge on any atom is 0.237 e. The molecule has 2 atom stereocenters. The Bertz CT molecular complexity index is 726. The number of carbonyl (C=O) groups excluding carboxylic acids is 1. The molecule has 146 valence electrons. The number of piperazine rings is 1. The van der Waals surface area contributed by atoms with Crippen molar-refractivity contribution < 1.29 is 9.18 Å². The lowest BCUT2D eigenvalue weighted by molar-refractivity contribution is -0.133. The Kier molecular flexibility index (Phi) is 7.78. The molecule has 1 unspecified atom stereocenters. The van der Waals surface area contributed by atoms with Crippen LogP contribution in [0.4, 0.5) is 4.39 Å². The van der Waals surface area contributed by atoms with Gasteiger partial charge in [-0.25, -0.2) is 4.39 Å². The van der Waals surface area contributed by atoms with E-state index >= 15 is 0 Å². The first kappa shape index (κ1) is 21.4. The predicted molar refractivity (Wildman–Crippen MR) is 109 cm³/mol. The lowest BCUT2D eigenvalue weighted by Gasteiger charge is -2.36. The molecule has 1 heterocycles. The zero-order valence-electron chi connectivity index (χ0n) is 15.8. The van der Waals surface area contributed by atoms with Gasteiger partial charge in [0.25, 0.3) is 0 Å². The first-order valence-corrected chi connectivity index (χ1v) is 9.07. The fraction of sp³-hybridized carbons (Fsp3) is 0.381. The van der Waals surface area contributed by atoms with E-state index in [2.05, 4.69) is 17.1 Å². The van der Waals surface area contributed by atoms with Crippen LogP contribution < -0.4 is 5.32 Å². The van der Waals surface area contributed by atoms with Crippen molar-refractivity contribution in [2.24, 2.45) is 0 Å². The van der Waals surface area contributed by atoms with Crippen LogP contribution in [0, 0.1) is 5.82 Å². The molecule has 0 spiro atoms. The summed E-state index contributed by atoms with van der Waals surface area (Å²) in [4.78, 5) is 17.0. The van der Waals surface area contributed by atoms with E-state index in [0.717, 1.165) is 30.8 Å². The van der Waals surface area contributed by atoms with Crippen molar-refractivity contribution in [2.75, 3.05) is 33.2 Å². The number of halogens is 2. The fourth-order valence-corrected chi connectivity index (χ4v) is 3.47. The van der Waals surface area contributed by atoms with Gasteiger partial charge in [-0.2, -0.15) is 0 Å². The van der Waals surface area contributed by atoms with E-state index in [4.69, 9.17) is 0 Å². The maximum absolute atomic E-state index is 13.4. The minimum atomic E-state index is -0.274. The van der Waals surface area contributed by atoms with E-state index in [0.29, 0.717) is 12.6 Å². The minimum absolute atomic E-state index is 0. The van der Waals surface area contributed by atoms with Gasteiger partial charge in [-0.1, -0.05) is 42.5 Å². The van der Waals surface area contributed by atoms with E-state index in [1.807, 2.05) is 37.4 Å². The van der Waals surface area contributed by atoms with Crippen LogP contribution in [-0.2, 0) is 4.79 Å². The molecule has 1 amide bonds. The van der Waals surface area contributed by atoms with E-state index in [1.165, 1.54) is 12.1 Å². The van der Waals surface area contributed by atoms with Crippen LogP contribution in [0.15, 0.2) is 54.6 Å². The summed E-state index contributed by atoms with van der Waals surface area (Å²) in [5.74, 6) is -0.207. The molecule has 2 aromatic carbocycles. The Morgan fingerprint density at radius 1 is 1.19 bits per heavy atom. The monoisotopic (exact) mass is 391 g/mol. The van der Waals surface area contributed by atoms with Crippen LogP contribution in [0.1, 0.15) is 24.1 Å². The number of nitrogens with one attached hydrogen (secondary N) is 1. The van der Waals surface area contributed by atoms with Gasteiger partial charge < -0.3 is 10.2 Å². The molecule has 1 N–H and O–H groups in total. The quantitative estimate of drug-likeness (QED) is 0.850. The van der Waals surface area contributed by atoms with Crippen LogP contribution in [0.3, 0.4) is 0 Å². The van der Waals surface area contributed by atoms with Crippen molar-refractivity contribution in [3.8, 4) is 0 Å². The minimum Gasteiger partial charge on any atom is -0.334 e. The molecule has 4 nitrogen and oxygen atoms in total. The first-order chi connectivity index (χ1) is 12.6. The molecule has 1 aliphatic rings. The Balaban J connectivity index is 0.00000261. The second kappa shape index (κ2) is 9.83. The van der Waals surface area contributed by atoms with Crippen molar-refractivity contribution in [3.05, 3.63) is 71.5 Å². The van der Waals surface area contributed by atoms with Crippen molar-refractivity contribution >= 4 is 18.3 Å². The highest BCUT2D eigenvalue weighted by Gasteiger charge is 2.27. The second-order valence-corrected chi connectivity index (χ2v) is 6.89. The molecule has 2 aromatic rings. The molecule has 0 saturated carbocycles. The molecule has 0 radical (unpaired) electrons. The molecule has 1 fully saturated rings. The number of likely N-dealkylation sites (N-methyl/N-ethyl adjacent to an activating group) is 1. The van der Waals surface area contributed by atoms with Gasteiger partial charge in [0.15, 0.2) is 0 Å². The molecule has 6 heteroatoms. The Morgan fingerprint density at radius 2 is 1.81 bits per heavy atom. The number of amides is 1. The number of rotatable bonds is 5. The predicted octanol–water partition coefficient (Wildman–Crippen LogP) is 3.09. The van der Waals surface area contributed by atoms with E-state index in [9.17, 15) is 9.18 Å². The van der Waals surface area contributed by atoms with Gasteiger partial charge >= 0.3 is 0 Å². The summed E-state index contributed by atoms with van der Waals surface area (Å²) < 4.78 is 13.4. The summed E-state index contributed by atoms with van der Waals surface area (Å²) >= 11 is 0. The van der Waals surface area contributed by atoms with Gasteiger partial charge in [0, 0.05) is 32.7 Å². The summed E-state index contributed by atoms with van der Waals surface area (Å²) in [6.45, 7) is 5.20. The summed E-state index contributed by atoms with van der Waals surface area (Å²) in [7, 11) is 1.83. The number of hydrogen-bond acceptors (Lipinski definition) is 3. The van der Waals surface area contributed by atoms with Crippen molar-refractivity contribution in [2.45, 2.75) is 19.0 Å². The van der Waals surface area contributed by atoms with Crippen LogP contribution in [-0.4, -0.2) is 55.0 Å². The highest BCUT2D eigenvalue weighted by atomic mass is 35.5. The summed E-state index contributed by atoms with van der Waals surface area (Å²) in [6, 6.07) is 16.4. The second-order valence-electron chi connectivity index (χ2n) is 6.89. The summed E-state index contributed by atoms with van der Waals surface area (Å²) in [6.07, 6.45) is 0. The third-order valence-electron chi connectivity index (χ3n) is 5.06. The Morgan fingerprint density at radius 3 is 2.44 bits per heavy atom. The van der Waals surface area contributed by atoms with Crippen LogP contribution in [0.5, 0.6) is 0 Å². The third kappa shape index (κ3) is 5.28. The lowest BCUT2D eigenvalue weighted by atomic mass is 9.97. The van der Waals surface area contributed by atoms with Gasteiger partial charge in [-0.05, 0) is 30.2 Å². The Labute approximate surface area is 166 Å². The number of benzene rings is 2. The van der Waals surface area contributed by atoms with Crippen molar-refractivity contribution in [3.63, 3.8) is 0 Å². The van der Waals surface area contributed by atoms with Crippen LogP contribution in [0.2, 0.25) is 0 Å². The lowest BCUT2D eigenvalue weighted by Crippen LogP contribution is -2.53. The molecule has 0 aliphatic carbocycles.